The second-order valence-corrected chi connectivity index (χ2v) is 5.75. The van der Waals surface area contributed by atoms with Crippen LogP contribution < -0.4 is 5.48 Å². The molecular weight excluding hydrogens is 332 g/mol. The summed E-state index contributed by atoms with van der Waals surface area (Å²) < 4.78 is 0. The van der Waals surface area contributed by atoms with Crippen LogP contribution in [-0.4, -0.2) is 33.6 Å². The van der Waals surface area contributed by atoms with Crippen molar-refractivity contribution in [2.75, 3.05) is 6.54 Å². The molecule has 2 aromatic carbocycles. The summed E-state index contributed by atoms with van der Waals surface area (Å²) in [5, 5.41) is 18.4. The normalized spacial score (nSPS) is 10.6. The number of aromatic carboxylic acids is 1. The molecule has 0 saturated carbocycles. The number of nitrogens with one attached hydrogen (secondary N) is 1. The molecule has 0 aliphatic carbocycles. The van der Waals surface area contributed by atoms with Gasteiger partial charge in [0.05, 0.1) is 12.1 Å². The predicted octanol–water partition coefficient (Wildman–Crippen LogP) is 2.55. The van der Waals surface area contributed by atoms with E-state index in [9.17, 15) is 9.59 Å². The Balaban J connectivity index is 2.16. The third-order valence-electron chi connectivity index (χ3n) is 3.39. The summed E-state index contributed by atoms with van der Waals surface area (Å²) in [5.74, 6) is -1.55. The van der Waals surface area contributed by atoms with Crippen LogP contribution in [0.2, 0.25) is 5.02 Å². The fraction of sp³-hybridized carbons (Fsp3) is 0.176. The lowest BCUT2D eigenvalue weighted by Crippen LogP contribution is -2.35. The molecule has 2 aromatic rings. The van der Waals surface area contributed by atoms with E-state index in [2.05, 4.69) is 0 Å². The van der Waals surface area contributed by atoms with Crippen molar-refractivity contribution in [1.29, 1.82) is 0 Å². The summed E-state index contributed by atoms with van der Waals surface area (Å²) >= 11 is 5.87. The van der Waals surface area contributed by atoms with Crippen molar-refractivity contribution in [2.45, 2.75) is 13.1 Å². The van der Waals surface area contributed by atoms with Crippen molar-refractivity contribution in [3.8, 4) is 0 Å². The average Bonchev–Trinajstić information content (AvgIpc) is 2.57. The van der Waals surface area contributed by atoms with Crippen molar-refractivity contribution in [1.82, 2.24) is 10.4 Å². The first-order valence-corrected chi connectivity index (χ1v) is 7.57. The molecule has 0 heterocycles. The zero-order valence-electron chi connectivity index (χ0n) is 12.8. The van der Waals surface area contributed by atoms with Gasteiger partial charge in [-0.05, 0) is 35.4 Å². The van der Waals surface area contributed by atoms with Gasteiger partial charge in [-0.1, -0.05) is 35.9 Å². The first-order valence-electron chi connectivity index (χ1n) is 7.20. The number of benzene rings is 2. The molecule has 0 bridgehead atoms. The zero-order chi connectivity index (χ0) is 17.5. The molecule has 0 aliphatic rings. The van der Waals surface area contributed by atoms with E-state index < -0.39 is 11.9 Å². The minimum atomic E-state index is -1.01. The molecule has 0 atom stereocenters. The number of carboxylic acids is 1. The van der Waals surface area contributed by atoms with E-state index in [0.29, 0.717) is 18.1 Å². The molecule has 126 valence electrons. The Bertz CT molecular complexity index is 719. The van der Waals surface area contributed by atoms with Crippen LogP contribution in [0.1, 0.15) is 21.5 Å². The summed E-state index contributed by atoms with van der Waals surface area (Å²) in [7, 11) is 0. The zero-order valence-corrected chi connectivity index (χ0v) is 13.5. The number of rotatable bonds is 7. The highest BCUT2D eigenvalue weighted by atomic mass is 35.5. The van der Waals surface area contributed by atoms with E-state index in [1.165, 1.54) is 6.07 Å². The van der Waals surface area contributed by atoms with E-state index in [1.807, 2.05) is 12.1 Å². The summed E-state index contributed by atoms with van der Waals surface area (Å²) in [6, 6.07) is 13.7. The highest BCUT2D eigenvalue weighted by molar-refractivity contribution is 6.30. The van der Waals surface area contributed by atoms with E-state index in [-0.39, 0.29) is 12.1 Å². The van der Waals surface area contributed by atoms with Gasteiger partial charge in [-0.25, -0.2) is 10.3 Å². The highest BCUT2D eigenvalue weighted by Crippen LogP contribution is 2.14. The fourth-order valence-electron chi connectivity index (χ4n) is 2.32. The Labute approximate surface area is 144 Å². The van der Waals surface area contributed by atoms with Crippen LogP contribution >= 0.6 is 11.6 Å². The largest absolute Gasteiger partial charge is 0.478 e. The molecule has 0 radical (unpaired) electrons. The molecule has 2 rings (SSSR count). The van der Waals surface area contributed by atoms with Crippen LogP contribution in [0.5, 0.6) is 0 Å². The van der Waals surface area contributed by atoms with Gasteiger partial charge in [-0.15, -0.1) is 0 Å². The number of hydrogen-bond donors (Lipinski definition) is 3. The Kier molecular flexibility index (Phi) is 6.31. The van der Waals surface area contributed by atoms with Gasteiger partial charge in [0.25, 0.3) is 5.91 Å². The maximum atomic E-state index is 11.5. The lowest BCUT2D eigenvalue weighted by Gasteiger charge is -2.21. The summed E-state index contributed by atoms with van der Waals surface area (Å²) in [6.07, 6.45) is 0. The third kappa shape index (κ3) is 5.34. The minimum Gasteiger partial charge on any atom is -0.478 e. The Morgan fingerprint density at radius 3 is 2.33 bits per heavy atom. The van der Waals surface area contributed by atoms with Crippen molar-refractivity contribution >= 4 is 23.5 Å². The van der Waals surface area contributed by atoms with Gasteiger partial charge in [0.15, 0.2) is 0 Å². The minimum absolute atomic E-state index is 0.0313. The lowest BCUT2D eigenvalue weighted by atomic mass is 10.1. The van der Waals surface area contributed by atoms with Gasteiger partial charge in [0.2, 0.25) is 0 Å². The highest BCUT2D eigenvalue weighted by Gasteiger charge is 2.13. The first kappa shape index (κ1) is 17.9. The SMILES string of the molecule is O=C(CN(Cc1ccc(Cl)cc1)Cc1cccc(C(=O)O)c1)NO. The molecule has 7 heteroatoms. The van der Waals surface area contributed by atoms with Gasteiger partial charge >= 0.3 is 5.97 Å². The number of nitrogens with zero attached hydrogens (tertiary/aromatic N) is 1. The monoisotopic (exact) mass is 348 g/mol. The Morgan fingerprint density at radius 2 is 1.71 bits per heavy atom. The maximum absolute atomic E-state index is 11.5. The smallest absolute Gasteiger partial charge is 0.335 e. The molecule has 0 fully saturated rings. The van der Waals surface area contributed by atoms with Gasteiger partial charge in [0, 0.05) is 18.1 Å². The topological polar surface area (TPSA) is 89.9 Å². The molecule has 0 unspecified atom stereocenters. The molecule has 0 aliphatic heterocycles. The average molecular weight is 349 g/mol. The fourth-order valence-corrected chi connectivity index (χ4v) is 2.44. The quantitative estimate of drug-likeness (QED) is 0.528. The van der Waals surface area contributed by atoms with E-state index >= 15 is 0 Å². The van der Waals surface area contributed by atoms with E-state index in [4.69, 9.17) is 21.9 Å². The number of hydroxylamine groups is 1. The van der Waals surface area contributed by atoms with Crippen molar-refractivity contribution in [3.63, 3.8) is 0 Å². The van der Waals surface area contributed by atoms with Crippen LogP contribution in [0.15, 0.2) is 48.5 Å². The van der Waals surface area contributed by atoms with Crippen LogP contribution in [0.4, 0.5) is 0 Å². The van der Waals surface area contributed by atoms with Crippen molar-refractivity contribution in [2.24, 2.45) is 0 Å². The van der Waals surface area contributed by atoms with Crippen LogP contribution in [0.25, 0.3) is 0 Å². The van der Waals surface area contributed by atoms with Crippen LogP contribution in [0.3, 0.4) is 0 Å². The number of carbonyl (C=O) groups is 2. The lowest BCUT2D eigenvalue weighted by molar-refractivity contribution is -0.130. The summed E-state index contributed by atoms with van der Waals surface area (Å²) in [4.78, 5) is 24.4. The molecular formula is C17H17ClN2O4. The first-order chi connectivity index (χ1) is 11.5. The van der Waals surface area contributed by atoms with Crippen LogP contribution in [-0.2, 0) is 17.9 Å². The summed E-state index contributed by atoms with van der Waals surface area (Å²) in [5.41, 5.74) is 3.50. The van der Waals surface area contributed by atoms with Crippen LogP contribution in [0, 0.1) is 0 Å². The third-order valence-corrected chi connectivity index (χ3v) is 3.64. The molecule has 0 spiro atoms. The standard InChI is InChI=1S/C17H17ClN2O4/c18-15-6-4-12(5-7-15)9-20(11-16(21)19-24)10-13-2-1-3-14(8-13)17(22)23/h1-8,24H,9-11H2,(H,19,21)(H,22,23). The molecule has 6 nitrogen and oxygen atoms in total. The maximum Gasteiger partial charge on any atom is 0.335 e. The van der Waals surface area contributed by atoms with Gasteiger partial charge in [-0.3, -0.25) is 14.9 Å². The molecule has 0 aromatic heterocycles. The molecule has 1 amide bonds. The molecule has 3 N–H and O–H groups in total. The van der Waals surface area contributed by atoms with Gasteiger partial charge in [-0.2, -0.15) is 0 Å². The number of hydrogen-bond acceptors (Lipinski definition) is 4. The molecule has 0 saturated heterocycles. The second-order valence-electron chi connectivity index (χ2n) is 5.31. The van der Waals surface area contributed by atoms with E-state index in [0.717, 1.165) is 11.1 Å². The van der Waals surface area contributed by atoms with E-state index in [1.54, 1.807) is 40.7 Å². The predicted molar refractivity (Wildman–Crippen MR) is 88.9 cm³/mol. The summed E-state index contributed by atoms with van der Waals surface area (Å²) in [6.45, 7) is 0.773. The van der Waals surface area contributed by atoms with Gasteiger partial charge < -0.3 is 5.11 Å². The Hall–Kier alpha value is -2.41. The van der Waals surface area contributed by atoms with Gasteiger partial charge in [0.1, 0.15) is 0 Å². The second kappa shape index (κ2) is 8.44. The van der Waals surface area contributed by atoms with Crippen molar-refractivity contribution in [3.05, 3.63) is 70.2 Å². The number of amides is 1. The van der Waals surface area contributed by atoms with Crippen molar-refractivity contribution < 1.29 is 19.9 Å². The Morgan fingerprint density at radius 1 is 1.04 bits per heavy atom. The number of carbonyl (C=O) groups excluding carboxylic acids is 1. The molecule has 24 heavy (non-hydrogen) atoms. The number of carboxylic acid groups (broad SMARTS) is 1. The number of halogens is 1.